The zero-order chi connectivity index (χ0) is 17.1. The van der Waals surface area contributed by atoms with Crippen molar-refractivity contribution < 1.29 is 0 Å². The average molecular weight is 347 g/mol. The molecule has 1 atom stereocenters. The fourth-order valence-corrected chi connectivity index (χ4v) is 3.47. The van der Waals surface area contributed by atoms with Crippen molar-refractivity contribution >= 4 is 23.4 Å². The highest BCUT2D eigenvalue weighted by Crippen LogP contribution is 2.30. The normalized spacial score (nSPS) is 16.5. The van der Waals surface area contributed by atoms with E-state index in [2.05, 4.69) is 27.2 Å². The molecule has 5 nitrogen and oxygen atoms in total. The number of thiazole rings is 1. The monoisotopic (exact) mass is 347 g/mol. The van der Waals surface area contributed by atoms with Crippen LogP contribution < -0.4 is 5.32 Å². The summed E-state index contributed by atoms with van der Waals surface area (Å²) in [5.74, 6) is 0.821. The van der Waals surface area contributed by atoms with E-state index in [0.717, 1.165) is 33.5 Å². The molecule has 0 aromatic carbocycles. The summed E-state index contributed by atoms with van der Waals surface area (Å²) in [5, 5.41) is 4.28. The second-order valence-corrected chi connectivity index (χ2v) is 6.86. The Bertz CT molecular complexity index is 930. The third-order valence-corrected chi connectivity index (χ3v) is 4.89. The maximum Gasteiger partial charge on any atom is 0.142 e. The summed E-state index contributed by atoms with van der Waals surface area (Å²) < 4.78 is 0. The molecule has 3 aromatic rings. The molecule has 4 heterocycles. The number of dihydropyridines is 1. The fourth-order valence-electron chi connectivity index (χ4n) is 2.61. The molecule has 1 unspecified atom stereocenters. The van der Waals surface area contributed by atoms with Gasteiger partial charge in [0.1, 0.15) is 17.0 Å². The van der Waals surface area contributed by atoms with Crippen molar-refractivity contribution in [3.8, 4) is 21.3 Å². The molecule has 1 aliphatic heterocycles. The van der Waals surface area contributed by atoms with E-state index in [0.29, 0.717) is 0 Å². The number of aromatic nitrogens is 3. The molecule has 25 heavy (non-hydrogen) atoms. The van der Waals surface area contributed by atoms with Crippen molar-refractivity contribution in [1.82, 2.24) is 15.0 Å². The van der Waals surface area contributed by atoms with E-state index in [1.54, 1.807) is 17.5 Å². The first kappa shape index (κ1) is 15.7. The molecule has 6 heteroatoms. The van der Waals surface area contributed by atoms with Crippen LogP contribution in [0, 0.1) is 0 Å². The van der Waals surface area contributed by atoms with Crippen LogP contribution in [0.4, 0.5) is 5.82 Å². The minimum atomic E-state index is 0.0401. The first-order valence-corrected chi connectivity index (χ1v) is 8.90. The zero-order valence-corrected chi connectivity index (χ0v) is 14.6. The maximum absolute atomic E-state index is 4.71. The highest BCUT2D eigenvalue weighted by Gasteiger charge is 2.12. The van der Waals surface area contributed by atoms with Crippen molar-refractivity contribution in [2.45, 2.75) is 19.5 Å². The number of pyridine rings is 2. The van der Waals surface area contributed by atoms with Gasteiger partial charge in [-0.1, -0.05) is 17.7 Å². The Morgan fingerprint density at radius 2 is 2.00 bits per heavy atom. The van der Waals surface area contributed by atoms with E-state index >= 15 is 0 Å². The van der Waals surface area contributed by atoms with Crippen LogP contribution >= 0.6 is 11.3 Å². The molecule has 0 fully saturated rings. The first-order chi connectivity index (χ1) is 12.3. The number of nitrogens with one attached hydrogen (secondary N) is 1. The highest BCUT2D eigenvalue weighted by molar-refractivity contribution is 7.18. The van der Waals surface area contributed by atoms with E-state index in [-0.39, 0.29) is 6.17 Å². The van der Waals surface area contributed by atoms with Gasteiger partial charge >= 0.3 is 0 Å². The highest BCUT2D eigenvalue weighted by atomic mass is 32.1. The molecule has 4 rings (SSSR count). The Labute approximate surface area is 150 Å². The number of hydrogen-bond donors (Lipinski definition) is 1. The molecular weight excluding hydrogens is 330 g/mol. The van der Waals surface area contributed by atoms with Crippen molar-refractivity contribution in [2.75, 3.05) is 5.32 Å². The summed E-state index contributed by atoms with van der Waals surface area (Å²) >= 11 is 1.59. The van der Waals surface area contributed by atoms with Crippen molar-refractivity contribution in [1.29, 1.82) is 0 Å². The molecule has 124 valence electrons. The van der Waals surface area contributed by atoms with Crippen LogP contribution in [0.1, 0.15) is 13.3 Å². The molecule has 0 amide bonds. The fraction of sp³-hybridized carbons (Fsp3) is 0.158. The Morgan fingerprint density at radius 3 is 2.84 bits per heavy atom. The van der Waals surface area contributed by atoms with Gasteiger partial charge in [0.15, 0.2) is 0 Å². The van der Waals surface area contributed by atoms with Gasteiger partial charge in [-0.25, -0.2) is 9.97 Å². The van der Waals surface area contributed by atoms with Gasteiger partial charge in [-0.15, -0.1) is 11.3 Å². The number of anilines is 1. The minimum absolute atomic E-state index is 0.0401. The van der Waals surface area contributed by atoms with E-state index < -0.39 is 0 Å². The molecule has 0 saturated heterocycles. The Balaban J connectivity index is 1.55. The van der Waals surface area contributed by atoms with Gasteiger partial charge in [0.2, 0.25) is 0 Å². The van der Waals surface area contributed by atoms with Crippen LogP contribution in [-0.4, -0.2) is 27.3 Å². The Morgan fingerprint density at radius 1 is 1.08 bits per heavy atom. The second kappa shape index (κ2) is 6.94. The number of rotatable bonds is 4. The Hall–Kier alpha value is -2.86. The van der Waals surface area contributed by atoms with Crippen molar-refractivity contribution in [2.24, 2.45) is 4.99 Å². The SMILES string of the molecule is CC1=CC=NC(Nc2cccc(-c3cnc(-c4ccccn4)s3)n2)C1. The number of hydrogen-bond acceptors (Lipinski definition) is 6. The predicted molar refractivity (Wildman–Crippen MR) is 103 cm³/mol. The van der Waals surface area contributed by atoms with Crippen LogP contribution in [0.2, 0.25) is 0 Å². The molecule has 0 radical (unpaired) electrons. The zero-order valence-electron chi connectivity index (χ0n) is 13.8. The lowest BCUT2D eigenvalue weighted by Gasteiger charge is -2.18. The molecule has 3 aromatic heterocycles. The van der Waals surface area contributed by atoms with Gasteiger partial charge in [-0.05, 0) is 37.3 Å². The summed E-state index contributed by atoms with van der Waals surface area (Å²) in [5.41, 5.74) is 3.09. The van der Waals surface area contributed by atoms with Gasteiger partial charge in [-0.2, -0.15) is 0 Å². The third kappa shape index (κ3) is 3.64. The third-order valence-electron chi connectivity index (χ3n) is 3.85. The lowest BCUT2D eigenvalue weighted by atomic mass is 10.1. The van der Waals surface area contributed by atoms with E-state index in [1.165, 1.54) is 5.57 Å². The van der Waals surface area contributed by atoms with E-state index in [1.807, 2.05) is 54.9 Å². The average Bonchev–Trinajstić information content (AvgIpc) is 3.13. The first-order valence-electron chi connectivity index (χ1n) is 8.08. The summed E-state index contributed by atoms with van der Waals surface area (Å²) in [7, 11) is 0. The second-order valence-electron chi connectivity index (χ2n) is 5.83. The van der Waals surface area contributed by atoms with E-state index in [9.17, 15) is 0 Å². The summed E-state index contributed by atoms with van der Waals surface area (Å²) in [6.07, 6.45) is 8.46. The van der Waals surface area contributed by atoms with Gasteiger partial charge in [-0.3, -0.25) is 9.98 Å². The van der Waals surface area contributed by atoms with Gasteiger partial charge < -0.3 is 5.32 Å². The molecular formula is C19H17N5S. The Kier molecular flexibility index (Phi) is 4.35. The molecule has 0 spiro atoms. The van der Waals surface area contributed by atoms with Crippen molar-refractivity contribution in [3.63, 3.8) is 0 Å². The lowest BCUT2D eigenvalue weighted by molar-refractivity contribution is 0.740. The quantitative estimate of drug-likeness (QED) is 0.758. The smallest absolute Gasteiger partial charge is 0.142 e. The molecule has 1 aliphatic rings. The summed E-state index contributed by atoms with van der Waals surface area (Å²) in [4.78, 5) is 19.0. The predicted octanol–water partition coefficient (Wildman–Crippen LogP) is 4.43. The number of allylic oxidation sites excluding steroid dienone is 1. The summed E-state index contributed by atoms with van der Waals surface area (Å²) in [6.45, 7) is 2.11. The summed E-state index contributed by atoms with van der Waals surface area (Å²) in [6, 6.07) is 11.8. The molecule has 1 N–H and O–H groups in total. The minimum Gasteiger partial charge on any atom is -0.348 e. The standard InChI is InChI=1S/C19H17N5S/c1-13-8-10-21-18(11-13)24-17-7-4-6-14(23-17)16-12-22-19(25-16)15-5-2-3-9-20-15/h2-10,12,18H,11H2,1H3,(H,23,24). The van der Waals surface area contributed by atoms with Gasteiger partial charge in [0, 0.05) is 25.0 Å². The van der Waals surface area contributed by atoms with Crippen LogP contribution in [-0.2, 0) is 0 Å². The van der Waals surface area contributed by atoms with E-state index in [4.69, 9.17) is 4.98 Å². The topological polar surface area (TPSA) is 63.1 Å². The molecule has 0 aliphatic carbocycles. The van der Waals surface area contributed by atoms with Crippen LogP contribution in [0.5, 0.6) is 0 Å². The van der Waals surface area contributed by atoms with Gasteiger partial charge in [0.05, 0.1) is 16.3 Å². The number of aliphatic imine (C=N–C) groups is 1. The lowest BCUT2D eigenvalue weighted by Crippen LogP contribution is -2.20. The van der Waals surface area contributed by atoms with Crippen molar-refractivity contribution in [3.05, 3.63) is 60.4 Å². The molecule has 0 saturated carbocycles. The van der Waals surface area contributed by atoms with Gasteiger partial charge in [0.25, 0.3) is 0 Å². The maximum atomic E-state index is 4.71. The van der Waals surface area contributed by atoms with Crippen LogP contribution in [0.3, 0.4) is 0 Å². The largest absolute Gasteiger partial charge is 0.348 e. The number of nitrogens with zero attached hydrogens (tertiary/aromatic N) is 4. The van der Waals surface area contributed by atoms with Crippen LogP contribution in [0.25, 0.3) is 21.3 Å². The van der Waals surface area contributed by atoms with Crippen LogP contribution in [0.15, 0.2) is 65.4 Å². The molecule has 0 bridgehead atoms.